The highest BCUT2D eigenvalue weighted by Gasteiger charge is 2.22. The normalized spacial score (nSPS) is 19.1. The standard InChI is InChI=1S/C16H21NO4/c18-15(9-8-13-7-4-10-21-13)17-14(16(19)20)11-12-5-2-1-3-6-12/h1-3,5-6,13-14H,4,7-11H2,(H,17,18)(H,19,20)/t13?,14-/m0/s1. The zero-order valence-electron chi connectivity index (χ0n) is 12.0. The van der Waals surface area contributed by atoms with E-state index >= 15 is 0 Å². The highest BCUT2D eigenvalue weighted by atomic mass is 16.5. The molecule has 1 unspecified atom stereocenters. The molecule has 1 saturated heterocycles. The molecule has 1 amide bonds. The van der Waals surface area contributed by atoms with Gasteiger partial charge < -0.3 is 15.2 Å². The molecule has 0 spiro atoms. The van der Waals surface area contributed by atoms with Crippen LogP contribution in [0.1, 0.15) is 31.2 Å². The lowest BCUT2D eigenvalue weighted by Gasteiger charge is -2.15. The lowest BCUT2D eigenvalue weighted by Crippen LogP contribution is -2.42. The fraction of sp³-hybridized carbons (Fsp3) is 0.500. The molecule has 1 aliphatic rings. The van der Waals surface area contributed by atoms with Gasteiger partial charge >= 0.3 is 5.97 Å². The van der Waals surface area contributed by atoms with Crippen LogP contribution in [0, 0.1) is 0 Å². The molecule has 1 aliphatic heterocycles. The molecule has 0 aromatic heterocycles. The van der Waals surface area contributed by atoms with E-state index in [4.69, 9.17) is 4.74 Å². The van der Waals surface area contributed by atoms with Crippen LogP contribution in [-0.2, 0) is 20.7 Å². The molecule has 0 radical (unpaired) electrons. The van der Waals surface area contributed by atoms with Gasteiger partial charge in [-0.25, -0.2) is 4.79 Å². The van der Waals surface area contributed by atoms with Crippen LogP contribution in [0.4, 0.5) is 0 Å². The van der Waals surface area contributed by atoms with Crippen LogP contribution in [0.3, 0.4) is 0 Å². The largest absolute Gasteiger partial charge is 0.480 e. The zero-order valence-corrected chi connectivity index (χ0v) is 12.0. The van der Waals surface area contributed by atoms with E-state index in [9.17, 15) is 14.7 Å². The second-order valence-corrected chi connectivity index (χ2v) is 5.32. The van der Waals surface area contributed by atoms with E-state index < -0.39 is 12.0 Å². The third-order valence-corrected chi connectivity index (χ3v) is 3.63. The van der Waals surface area contributed by atoms with Crippen molar-refractivity contribution in [2.75, 3.05) is 6.61 Å². The number of amides is 1. The van der Waals surface area contributed by atoms with Gasteiger partial charge in [-0.2, -0.15) is 0 Å². The van der Waals surface area contributed by atoms with Crippen molar-refractivity contribution in [3.05, 3.63) is 35.9 Å². The van der Waals surface area contributed by atoms with Crippen molar-refractivity contribution >= 4 is 11.9 Å². The number of hydrogen-bond acceptors (Lipinski definition) is 3. The second-order valence-electron chi connectivity index (χ2n) is 5.32. The average Bonchev–Trinajstić information content (AvgIpc) is 2.99. The Morgan fingerprint density at radius 3 is 2.71 bits per heavy atom. The lowest BCUT2D eigenvalue weighted by atomic mass is 10.1. The fourth-order valence-electron chi connectivity index (χ4n) is 2.48. The van der Waals surface area contributed by atoms with Gasteiger partial charge in [0.2, 0.25) is 5.91 Å². The van der Waals surface area contributed by atoms with E-state index in [-0.39, 0.29) is 12.0 Å². The maximum atomic E-state index is 11.9. The quantitative estimate of drug-likeness (QED) is 0.802. The molecular formula is C16H21NO4. The van der Waals surface area contributed by atoms with Crippen molar-refractivity contribution in [1.82, 2.24) is 5.32 Å². The molecule has 1 aromatic carbocycles. The van der Waals surface area contributed by atoms with E-state index in [0.717, 1.165) is 25.0 Å². The summed E-state index contributed by atoms with van der Waals surface area (Å²) in [4.78, 5) is 23.1. The Labute approximate surface area is 124 Å². The molecule has 2 atom stereocenters. The molecule has 1 heterocycles. The first-order chi connectivity index (χ1) is 10.1. The summed E-state index contributed by atoms with van der Waals surface area (Å²) in [7, 11) is 0. The first-order valence-electron chi connectivity index (χ1n) is 7.33. The van der Waals surface area contributed by atoms with Crippen LogP contribution in [0.2, 0.25) is 0 Å². The van der Waals surface area contributed by atoms with Crippen LogP contribution in [0.25, 0.3) is 0 Å². The van der Waals surface area contributed by atoms with Crippen molar-refractivity contribution in [2.45, 2.75) is 44.2 Å². The van der Waals surface area contributed by atoms with Crippen LogP contribution < -0.4 is 5.32 Å². The molecular weight excluding hydrogens is 270 g/mol. The van der Waals surface area contributed by atoms with Gasteiger partial charge in [0.25, 0.3) is 0 Å². The number of carbonyl (C=O) groups is 2. The van der Waals surface area contributed by atoms with E-state index in [1.165, 1.54) is 0 Å². The van der Waals surface area contributed by atoms with Crippen LogP contribution in [0.15, 0.2) is 30.3 Å². The average molecular weight is 291 g/mol. The zero-order chi connectivity index (χ0) is 15.1. The van der Waals surface area contributed by atoms with Crippen LogP contribution in [0.5, 0.6) is 0 Å². The van der Waals surface area contributed by atoms with Gasteiger partial charge in [0, 0.05) is 19.4 Å². The summed E-state index contributed by atoms with van der Waals surface area (Å²) < 4.78 is 5.46. The van der Waals surface area contributed by atoms with E-state index in [0.29, 0.717) is 19.3 Å². The van der Waals surface area contributed by atoms with Crippen LogP contribution in [-0.4, -0.2) is 35.7 Å². The van der Waals surface area contributed by atoms with Crippen molar-refractivity contribution in [3.63, 3.8) is 0 Å². The monoisotopic (exact) mass is 291 g/mol. The summed E-state index contributed by atoms with van der Waals surface area (Å²) >= 11 is 0. The molecule has 21 heavy (non-hydrogen) atoms. The van der Waals surface area contributed by atoms with E-state index in [1.54, 1.807) is 0 Å². The molecule has 114 valence electrons. The minimum Gasteiger partial charge on any atom is -0.480 e. The number of carbonyl (C=O) groups excluding carboxylic acids is 1. The maximum Gasteiger partial charge on any atom is 0.326 e. The maximum absolute atomic E-state index is 11.9. The minimum absolute atomic E-state index is 0.146. The van der Waals surface area contributed by atoms with Gasteiger partial charge in [-0.3, -0.25) is 4.79 Å². The lowest BCUT2D eigenvalue weighted by molar-refractivity contribution is -0.141. The Morgan fingerprint density at radius 1 is 1.33 bits per heavy atom. The van der Waals surface area contributed by atoms with E-state index in [2.05, 4.69) is 5.32 Å². The van der Waals surface area contributed by atoms with Crippen molar-refractivity contribution in [3.8, 4) is 0 Å². The number of rotatable bonds is 7. The number of carboxylic acids is 1. The summed E-state index contributed by atoms with van der Waals surface area (Å²) in [5, 5.41) is 11.8. The van der Waals surface area contributed by atoms with Gasteiger partial charge in [-0.05, 0) is 24.8 Å². The smallest absolute Gasteiger partial charge is 0.326 e. The highest BCUT2D eigenvalue weighted by molar-refractivity contribution is 5.83. The van der Waals surface area contributed by atoms with Gasteiger partial charge in [0.1, 0.15) is 6.04 Å². The topological polar surface area (TPSA) is 75.6 Å². The van der Waals surface area contributed by atoms with Crippen molar-refractivity contribution in [1.29, 1.82) is 0 Å². The Balaban J connectivity index is 1.81. The number of ether oxygens (including phenoxy) is 1. The third-order valence-electron chi connectivity index (χ3n) is 3.63. The molecule has 0 saturated carbocycles. The molecule has 1 aromatic rings. The second kappa shape index (κ2) is 7.78. The predicted molar refractivity (Wildman–Crippen MR) is 77.9 cm³/mol. The van der Waals surface area contributed by atoms with Gasteiger partial charge in [-0.1, -0.05) is 30.3 Å². The third kappa shape index (κ3) is 5.19. The SMILES string of the molecule is O=C(CCC1CCCO1)N[C@@H](Cc1ccccc1)C(=O)O. The number of hydrogen-bond donors (Lipinski definition) is 2. The Kier molecular flexibility index (Phi) is 5.75. The van der Waals surface area contributed by atoms with Gasteiger partial charge in [-0.15, -0.1) is 0 Å². The Morgan fingerprint density at radius 2 is 2.10 bits per heavy atom. The first-order valence-corrected chi connectivity index (χ1v) is 7.33. The van der Waals surface area contributed by atoms with Gasteiger partial charge in [0.05, 0.1) is 6.10 Å². The molecule has 2 N–H and O–H groups in total. The number of carboxylic acid groups (broad SMARTS) is 1. The van der Waals surface area contributed by atoms with Crippen LogP contribution >= 0.6 is 0 Å². The Hall–Kier alpha value is -1.88. The molecule has 0 aliphatic carbocycles. The first kappa shape index (κ1) is 15.5. The fourth-order valence-corrected chi connectivity index (χ4v) is 2.48. The predicted octanol–water partition coefficient (Wildman–Crippen LogP) is 1.76. The van der Waals surface area contributed by atoms with Gasteiger partial charge in [0.15, 0.2) is 0 Å². The van der Waals surface area contributed by atoms with Crippen molar-refractivity contribution in [2.24, 2.45) is 0 Å². The Bertz CT molecular complexity index is 468. The summed E-state index contributed by atoms with van der Waals surface area (Å²) in [5.74, 6) is -1.24. The van der Waals surface area contributed by atoms with Crippen molar-refractivity contribution < 1.29 is 19.4 Å². The summed E-state index contributed by atoms with van der Waals surface area (Å²) in [6.07, 6.45) is 3.43. The molecule has 0 bridgehead atoms. The summed E-state index contributed by atoms with van der Waals surface area (Å²) in [6, 6.07) is 8.41. The summed E-state index contributed by atoms with van der Waals surface area (Å²) in [6.45, 7) is 0.762. The molecule has 5 nitrogen and oxygen atoms in total. The summed E-state index contributed by atoms with van der Waals surface area (Å²) in [5.41, 5.74) is 0.893. The molecule has 2 rings (SSSR count). The number of aliphatic carboxylic acids is 1. The highest BCUT2D eigenvalue weighted by Crippen LogP contribution is 2.16. The number of nitrogens with one attached hydrogen (secondary N) is 1. The molecule has 5 heteroatoms. The van der Waals surface area contributed by atoms with E-state index in [1.807, 2.05) is 30.3 Å². The minimum atomic E-state index is -1.01. The number of benzene rings is 1. The molecule has 1 fully saturated rings.